The Hall–Kier alpha value is -2.37. The van der Waals surface area contributed by atoms with Crippen LogP contribution < -0.4 is 4.90 Å². The van der Waals surface area contributed by atoms with Gasteiger partial charge in [0.1, 0.15) is 12.2 Å². The van der Waals surface area contributed by atoms with Gasteiger partial charge in [-0.1, -0.05) is 17.7 Å². The lowest BCUT2D eigenvalue weighted by atomic mass is 10.2. The largest absolute Gasteiger partial charge is 0.481 e. The first-order valence-corrected chi connectivity index (χ1v) is 6.42. The first-order chi connectivity index (χ1) is 9.56. The molecule has 6 heteroatoms. The molecule has 0 fully saturated rings. The molecule has 0 atom stereocenters. The van der Waals surface area contributed by atoms with E-state index in [-0.39, 0.29) is 6.42 Å². The molecule has 0 spiro atoms. The van der Waals surface area contributed by atoms with Gasteiger partial charge in [0.2, 0.25) is 0 Å². The van der Waals surface area contributed by atoms with E-state index in [1.54, 1.807) is 4.68 Å². The van der Waals surface area contributed by atoms with E-state index in [9.17, 15) is 4.79 Å². The second kappa shape index (κ2) is 6.18. The number of hydrogen-bond acceptors (Lipinski definition) is 4. The smallest absolute Gasteiger partial charge is 0.305 e. The van der Waals surface area contributed by atoms with E-state index in [1.807, 2.05) is 43.1 Å². The number of aliphatic carboxylic acids is 1. The number of aromatic nitrogens is 3. The lowest BCUT2D eigenvalue weighted by Crippen LogP contribution is -2.27. The van der Waals surface area contributed by atoms with Gasteiger partial charge in [-0.15, -0.1) is 0 Å². The SMILES string of the molecule is Cc1ccc(N(CCC(=O)O)Cc2ncnn2C)cc1. The summed E-state index contributed by atoms with van der Waals surface area (Å²) in [7, 11) is 1.83. The normalized spacial score (nSPS) is 10.5. The van der Waals surface area contributed by atoms with E-state index in [2.05, 4.69) is 10.1 Å². The fourth-order valence-corrected chi connectivity index (χ4v) is 1.92. The van der Waals surface area contributed by atoms with Crippen molar-refractivity contribution in [2.75, 3.05) is 11.4 Å². The predicted molar refractivity (Wildman–Crippen MR) is 75.5 cm³/mol. The van der Waals surface area contributed by atoms with Gasteiger partial charge in [-0.2, -0.15) is 5.10 Å². The lowest BCUT2D eigenvalue weighted by Gasteiger charge is -2.23. The molecule has 1 aromatic heterocycles. The summed E-state index contributed by atoms with van der Waals surface area (Å²) in [6, 6.07) is 8.01. The monoisotopic (exact) mass is 274 g/mol. The van der Waals surface area contributed by atoms with Gasteiger partial charge < -0.3 is 10.0 Å². The number of carbonyl (C=O) groups is 1. The molecular formula is C14H18N4O2. The van der Waals surface area contributed by atoms with Crippen LogP contribution in [0, 0.1) is 6.92 Å². The maximum Gasteiger partial charge on any atom is 0.305 e. The van der Waals surface area contributed by atoms with Crippen LogP contribution in [-0.4, -0.2) is 32.4 Å². The molecule has 20 heavy (non-hydrogen) atoms. The van der Waals surface area contributed by atoms with Crippen LogP contribution in [0.15, 0.2) is 30.6 Å². The minimum atomic E-state index is -0.805. The van der Waals surface area contributed by atoms with Crippen molar-refractivity contribution < 1.29 is 9.90 Å². The molecule has 0 aliphatic carbocycles. The van der Waals surface area contributed by atoms with Crippen molar-refractivity contribution in [1.82, 2.24) is 14.8 Å². The van der Waals surface area contributed by atoms with Crippen molar-refractivity contribution in [2.24, 2.45) is 7.05 Å². The van der Waals surface area contributed by atoms with Crippen molar-refractivity contribution in [3.63, 3.8) is 0 Å². The van der Waals surface area contributed by atoms with E-state index in [1.165, 1.54) is 11.9 Å². The lowest BCUT2D eigenvalue weighted by molar-refractivity contribution is -0.136. The molecule has 1 heterocycles. The van der Waals surface area contributed by atoms with Crippen molar-refractivity contribution in [3.8, 4) is 0 Å². The fourth-order valence-electron chi connectivity index (χ4n) is 1.92. The van der Waals surface area contributed by atoms with Crippen LogP contribution in [0.25, 0.3) is 0 Å². The first kappa shape index (κ1) is 14.0. The van der Waals surface area contributed by atoms with Gasteiger partial charge in [-0.05, 0) is 19.1 Å². The summed E-state index contributed by atoms with van der Waals surface area (Å²) in [5, 5.41) is 12.9. The molecule has 0 aliphatic rings. The predicted octanol–water partition coefficient (Wildman–Crippen LogP) is 1.60. The Bertz CT molecular complexity index is 577. The number of carboxylic acids is 1. The average molecular weight is 274 g/mol. The van der Waals surface area contributed by atoms with Crippen LogP contribution in [0.4, 0.5) is 5.69 Å². The average Bonchev–Trinajstić information content (AvgIpc) is 2.81. The third-order valence-corrected chi connectivity index (χ3v) is 3.13. The van der Waals surface area contributed by atoms with Crippen LogP contribution in [0.1, 0.15) is 17.8 Å². The summed E-state index contributed by atoms with van der Waals surface area (Å²) in [6.45, 7) is 2.99. The van der Waals surface area contributed by atoms with Gasteiger partial charge in [0.15, 0.2) is 0 Å². The maximum atomic E-state index is 10.8. The number of anilines is 1. The minimum Gasteiger partial charge on any atom is -0.481 e. The summed E-state index contributed by atoms with van der Waals surface area (Å²) in [4.78, 5) is 17.0. The molecule has 2 rings (SSSR count). The Labute approximate surface area is 117 Å². The van der Waals surface area contributed by atoms with E-state index in [0.29, 0.717) is 13.1 Å². The molecule has 0 aliphatic heterocycles. The van der Waals surface area contributed by atoms with Gasteiger partial charge in [-0.3, -0.25) is 9.48 Å². The Balaban J connectivity index is 2.17. The molecule has 0 saturated carbocycles. The highest BCUT2D eigenvalue weighted by atomic mass is 16.4. The quantitative estimate of drug-likeness (QED) is 0.866. The highest BCUT2D eigenvalue weighted by Gasteiger charge is 2.12. The summed E-state index contributed by atoms with van der Waals surface area (Å²) in [5.41, 5.74) is 2.16. The highest BCUT2D eigenvalue weighted by molar-refractivity contribution is 5.67. The molecule has 106 valence electrons. The van der Waals surface area contributed by atoms with Crippen molar-refractivity contribution in [2.45, 2.75) is 19.9 Å². The van der Waals surface area contributed by atoms with E-state index >= 15 is 0 Å². The Morgan fingerprint density at radius 2 is 2.05 bits per heavy atom. The van der Waals surface area contributed by atoms with Crippen molar-refractivity contribution in [1.29, 1.82) is 0 Å². The van der Waals surface area contributed by atoms with Gasteiger partial charge in [0.25, 0.3) is 0 Å². The number of benzene rings is 1. The van der Waals surface area contributed by atoms with Crippen LogP contribution in [0.5, 0.6) is 0 Å². The molecule has 2 aromatic rings. The number of rotatable bonds is 6. The maximum absolute atomic E-state index is 10.8. The molecule has 0 amide bonds. The standard InChI is InChI=1S/C14H18N4O2/c1-11-3-5-12(6-4-11)18(8-7-14(19)20)9-13-15-10-16-17(13)2/h3-6,10H,7-9H2,1-2H3,(H,19,20). The zero-order chi connectivity index (χ0) is 14.5. The number of nitrogens with zero attached hydrogens (tertiary/aromatic N) is 4. The van der Waals surface area contributed by atoms with E-state index < -0.39 is 5.97 Å². The number of carboxylic acid groups (broad SMARTS) is 1. The fraction of sp³-hybridized carbons (Fsp3) is 0.357. The Morgan fingerprint density at radius 1 is 1.35 bits per heavy atom. The molecule has 0 bridgehead atoms. The third kappa shape index (κ3) is 3.57. The van der Waals surface area contributed by atoms with E-state index in [4.69, 9.17) is 5.11 Å². The van der Waals surface area contributed by atoms with Crippen LogP contribution in [0.3, 0.4) is 0 Å². The number of hydrogen-bond donors (Lipinski definition) is 1. The summed E-state index contributed by atoms with van der Waals surface area (Å²) < 4.78 is 1.70. The minimum absolute atomic E-state index is 0.0890. The topological polar surface area (TPSA) is 71.2 Å². The summed E-state index contributed by atoms with van der Waals surface area (Å²) >= 11 is 0. The first-order valence-electron chi connectivity index (χ1n) is 6.42. The molecule has 0 radical (unpaired) electrons. The van der Waals surface area contributed by atoms with Gasteiger partial charge >= 0.3 is 5.97 Å². The zero-order valence-electron chi connectivity index (χ0n) is 11.7. The molecule has 0 saturated heterocycles. The zero-order valence-corrected chi connectivity index (χ0v) is 11.7. The summed E-state index contributed by atoms with van der Waals surface area (Å²) in [6.07, 6.45) is 1.59. The van der Waals surface area contributed by atoms with Crippen LogP contribution in [0.2, 0.25) is 0 Å². The Kier molecular flexibility index (Phi) is 4.34. The molecule has 1 aromatic carbocycles. The van der Waals surface area contributed by atoms with Crippen molar-refractivity contribution >= 4 is 11.7 Å². The van der Waals surface area contributed by atoms with Crippen LogP contribution >= 0.6 is 0 Å². The van der Waals surface area contributed by atoms with Crippen LogP contribution in [-0.2, 0) is 18.4 Å². The number of aryl methyl sites for hydroxylation is 2. The molecule has 1 N–H and O–H groups in total. The second-order valence-electron chi connectivity index (χ2n) is 4.70. The Morgan fingerprint density at radius 3 is 2.60 bits per heavy atom. The van der Waals surface area contributed by atoms with E-state index in [0.717, 1.165) is 11.5 Å². The van der Waals surface area contributed by atoms with Crippen molar-refractivity contribution in [3.05, 3.63) is 42.0 Å². The molecule has 0 unspecified atom stereocenters. The van der Waals surface area contributed by atoms with Gasteiger partial charge in [-0.25, -0.2) is 4.98 Å². The second-order valence-corrected chi connectivity index (χ2v) is 4.70. The van der Waals surface area contributed by atoms with Gasteiger partial charge in [0.05, 0.1) is 13.0 Å². The summed E-state index contributed by atoms with van der Waals surface area (Å²) in [5.74, 6) is -0.00367. The molecular weight excluding hydrogens is 256 g/mol. The van der Waals surface area contributed by atoms with Gasteiger partial charge in [0, 0.05) is 19.3 Å². The third-order valence-electron chi connectivity index (χ3n) is 3.13. The molecule has 6 nitrogen and oxygen atoms in total. The highest BCUT2D eigenvalue weighted by Crippen LogP contribution is 2.17.